The predicted octanol–water partition coefficient (Wildman–Crippen LogP) is 3.12. The Morgan fingerprint density at radius 1 is 1.33 bits per heavy atom. The fourth-order valence-electron chi connectivity index (χ4n) is 1.56. The number of rotatable bonds is 1. The lowest BCUT2D eigenvalue weighted by atomic mass is 9.84. The predicted molar refractivity (Wildman–Crippen MR) is 60.9 cm³/mol. The molecular formula is C13H17NO. The summed E-state index contributed by atoms with van der Waals surface area (Å²) < 4.78 is 0. The lowest BCUT2D eigenvalue weighted by Crippen LogP contribution is -2.12. The molecule has 2 heteroatoms. The van der Waals surface area contributed by atoms with E-state index in [1.807, 2.05) is 39.8 Å². The highest BCUT2D eigenvalue weighted by Crippen LogP contribution is 2.34. The van der Waals surface area contributed by atoms with Crippen LogP contribution in [0.5, 0.6) is 5.75 Å². The van der Waals surface area contributed by atoms with Gasteiger partial charge in [0, 0.05) is 5.56 Å². The summed E-state index contributed by atoms with van der Waals surface area (Å²) in [5, 5.41) is 18.8. The van der Waals surface area contributed by atoms with E-state index in [2.05, 4.69) is 0 Å². The van der Waals surface area contributed by atoms with Crippen LogP contribution in [0.2, 0.25) is 0 Å². The molecule has 1 aromatic carbocycles. The van der Waals surface area contributed by atoms with Crippen molar-refractivity contribution in [3.05, 3.63) is 28.8 Å². The summed E-state index contributed by atoms with van der Waals surface area (Å²) in [5.74, 6) is 0.127. The Bertz CT molecular complexity index is 408. The lowest BCUT2D eigenvalue weighted by Gasteiger charge is -2.21. The van der Waals surface area contributed by atoms with Gasteiger partial charge in [0.1, 0.15) is 11.8 Å². The van der Waals surface area contributed by atoms with E-state index >= 15 is 0 Å². The number of nitriles is 1. The summed E-state index contributed by atoms with van der Waals surface area (Å²) in [5.41, 5.74) is 2.17. The third-order valence-electron chi connectivity index (χ3n) is 2.51. The number of phenolic OH excluding ortho intramolecular Hbond substituents is 1. The molecule has 0 saturated carbocycles. The standard InChI is InChI=1S/C13H17NO/c1-5-9-6-10(8-14)12(15)11(7-9)13(2,3)4/h6-7,15H,5H2,1-4H3. The highest BCUT2D eigenvalue weighted by molar-refractivity contribution is 5.52. The van der Waals surface area contributed by atoms with E-state index < -0.39 is 0 Å². The van der Waals surface area contributed by atoms with Gasteiger partial charge in [-0.05, 0) is 23.5 Å². The Morgan fingerprint density at radius 3 is 2.33 bits per heavy atom. The average molecular weight is 203 g/mol. The molecular weight excluding hydrogens is 186 g/mol. The van der Waals surface area contributed by atoms with Gasteiger partial charge in [0.25, 0.3) is 0 Å². The Hall–Kier alpha value is -1.49. The monoisotopic (exact) mass is 203 g/mol. The van der Waals surface area contributed by atoms with Crippen molar-refractivity contribution in [1.82, 2.24) is 0 Å². The van der Waals surface area contributed by atoms with Gasteiger partial charge in [-0.15, -0.1) is 0 Å². The Morgan fingerprint density at radius 2 is 1.93 bits per heavy atom. The van der Waals surface area contributed by atoms with E-state index in [0.29, 0.717) is 5.56 Å². The largest absolute Gasteiger partial charge is 0.506 e. The van der Waals surface area contributed by atoms with E-state index in [-0.39, 0.29) is 11.2 Å². The van der Waals surface area contributed by atoms with Crippen molar-refractivity contribution in [3.8, 4) is 11.8 Å². The summed E-state index contributed by atoms with van der Waals surface area (Å²) in [6.07, 6.45) is 0.873. The van der Waals surface area contributed by atoms with Crippen LogP contribution in [0.15, 0.2) is 12.1 Å². The van der Waals surface area contributed by atoms with Crippen molar-refractivity contribution in [2.45, 2.75) is 39.5 Å². The molecule has 80 valence electrons. The maximum atomic E-state index is 9.92. The number of hydrogen-bond acceptors (Lipinski definition) is 2. The van der Waals surface area contributed by atoms with Gasteiger partial charge in [0.05, 0.1) is 5.56 Å². The quantitative estimate of drug-likeness (QED) is 0.762. The molecule has 1 rings (SSSR count). The number of aryl methyl sites for hydroxylation is 1. The van der Waals surface area contributed by atoms with Crippen LogP contribution in [0.25, 0.3) is 0 Å². The molecule has 1 aromatic rings. The van der Waals surface area contributed by atoms with Crippen LogP contribution in [0, 0.1) is 11.3 Å². The van der Waals surface area contributed by atoms with Crippen LogP contribution >= 0.6 is 0 Å². The van der Waals surface area contributed by atoms with Crippen molar-refractivity contribution < 1.29 is 5.11 Å². The zero-order valence-electron chi connectivity index (χ0n) is 9.76. The number of nitrogens with zero attached hydrogens (tertiary/aromatic N) is 1. The van der Waals surface area contributed by atoms with Crippen LogP contribution in [0.4, 0.5) is 0 Å². The topological polar surface area (TPSA) is 44.0 Å². The normalized spacial score (nSPS) is 11.1. The van der Waals surface area contributed by atoms with E-state index in [0.717, 1.165) is 17.5 Å². The SMILES string of the molecule is CCc1cc(C#N)c(O)c(C(C)(C)C)c1. The zero-order valence-corrected chi connectivity index (χ0v) is 9.76. The molecule has 0 spiro atoms. The van der Waals surface area contributed by atoms with Gasteiger partial charge >= 0.3 is 0 Å². The fourth-order valence-corrected chi connectivity index (χ4v) is 1.56. The fraction of sp³-hybridized carbons (Fsp3) is 0.462. The van der Waals surface area contributed by atoms with Crippen molar-refractivity contribution in [2.75, 3.05) is 0 Å². The minimum Gasteiger partial charge on any atom is -0.506 e. The van der Waals surface area contributed by atoms with Gasteiger partial charge in [0.2, 0.25) is 0 Å². The number of phenols is 1. The number of aromatic hydroxyl groups is 1. The third-order valence-corrected chi connectivity index (χ3v) is 2.51. The molecule has 0 aromatic heterocycles. The van der Waals surface area contributed by atoms with Gasteiger partial charge in [-0.2, -0.15) is 5.26 Å². The molecule has 2 nitrogen and oxygen atoms in total. The second kappa shape index (κ2) is 3.94. The molecule has 0 aliphatic carbocycles. The number of benzene rings is 1. The second-order valence-corrected chi connectivity index (χ2v) is 4.75. The molecule has 0 atom stereocenters. The van der Waals surface area contributed by atoms with Gasteiger partial charge in [0.15, 0.2) is 0 Å². The Labute approximate surface area is 91.2 Å². The minimum atomic E-state index is -0.138. The molecule has 0 aliphatic heterocycles. The highest BCUT2D eigenvalue weighted by atomic mass is 16.3. The maximum Gasteiger partial charge on any atom is 0.137 e. The van der Waals surface area contributed by atoms with Crippen LogP contribution in [0.1, 0.15) is 44.4 Å². The molecule has 0 radical (unpaired) electrons. The van der Waals surface area contributed by atoms with Crippen molar-refractivity contribution in [2.24, 2.45) is 0 Å². The van der Waals surface area contributed by atoms with Crippen LogP contribution in [-0.4, -0.2) is 5.11 Å². The number of hydrogen-bond donors (Lipinski definition) is 1. The average Bonchev–Trinajstić information content (AvgIpc) is 2.16. The van der Waals surface area contributed by atoms with Crippen molar-refractivity contribution in [1.29, 1.82) is 5.26 Å². The van der Waals surface area contributed by atoms with E-state index in [1.54, 1.807) is 6.07 Å². The molecule has 0 aliphatic rings. The summed E-state index contributed by atoms with van der Waals surface area (Å²) in [7, 11) is 0. The minimum absolute atomic E-state index is 0.127. The summed E-state index contributed by atoms with van der Waals surface area (Å²) in [6, 6.07) is 5.77. The molecule has 1 N–H and O–H groups in total. The first-order valence-electron chi connectivity index (χ1n) is 5.16. The summed E-state index contributed by atoms with van der Waals surface area (Å²) in [4.78, 5) is 0. The van der Waals surface area contributed by atoms with E-state index in [9.17, 15) is 5.11 Å². The molecule has 0 saturated heterocycles. The molecule has 0 amide bonds. The van der Waals surface area contributed by atoms with Crippen LogP contribution < -0.4 is 0 Å². The Kier molecular flexibility index (Phi) is 3.04. The van der Waals surface area contributed by atoms with E-state index in [1.165, 1.54) is 0 Å². The summed E-state index contributed by atoms with van der Waals surface area (Å²) >= 11 is 0. The van der Waals surface area contributed by atoms with E-state index in [4.69, 9.17) is 5.26 Å². The molecule has 0 heterocycles. The summed E-state index contributed by atoms with van der Waals surface area (Å²) in [6.45, 7) is 8.13. The highest BCUT2D eigenvalue weighted by Gasteiger charge is 2.20. The molecule has 0 bridgehead atoms. The zero-order chi connectivity index (χ0) is 11.6. The second-order valence-electron chi connectivity index (χ2n) is 4.75. The Balaban J connectivity index is 3.46. The van der Waals surface area contributed by atoms with Gasteiger partial charge in [-0.25, -0.2) is 0 Å². The smallest absolute Gasteiger partial charge is 0.137 e. The lowest BCUT2D eigenvalue weighted by molar-refractivity contribution is 0.444. The maximum absolute atomic E-state index is 9.92. The first kappa shape index (κ1) is 11.6. The van der Waals surface area contributed by atoms with Gasteiger partial charge in [-0.3, -0.25) is 0 Å². The van der Waals surface area contributed by atoms with Crippen molar-refractivity contribution >= 4 is 0 Å². The van der Waals surface area contributed by atoms with Gasteiger partial charge < -0.3 is 5.11 Å². The first-order chi connectivity index (χ1) is 6.90. The van der Waals surface area contributed by atoms with Gasteiger partial charge in [-0.1, -0.05) is 33.8 Å². The third kappa shape index (κ3) is 2.30. The van der Waals surface area contributed by atoms with Crippen LogP contribution in [-0.2, 0) is 11.8 Å². The first-order valence-corrected chi connectivity index (χ1v) is 5.16. The molecule has 0 fully saturated rings. The van der Waals surface area contributed by atoms with Crippen LogP contribution in [0.3, 0.4) is 0 Å². The molecule has 0 unspecified atom stereocenters. The van der Waals surface area contributed by atoms with Crippen molar-refractivity contribution in [3.63, 3.8) is 0 Å². The molecule has 15 heavy (non-hydrogen) atoms.